The van der Waals surface area contributed by atoms with Crippen molar-refractivity contribution >= 4 is 22.8 Å². The Morgan fingerprint density at radius 1 is 1.39 bits per heavy atom. The number of benzene rings is 1. The SMILES string of the molecule is CC(C)NCC(O)CSc1nc2ccccc2[nH]1. The highest BCUT2D eigenvalue weighted by atomic mass is 32.2. The van der Waals surface area contributed by atoms with Crippen molar-refractivity contribution in [1.82, 2.24) is 15.3 Å². The third kappa shape index (κ3) is 3.73. The quantitative estimate of drug-likeness (QED) is 0.699. The lowest BCUT2D eigenvalue weighted by molar-refractivity contribution is 0.192. The molecule has 0 aliphatic rings. The minimum absolute atomic E-state index is 0.356. The molecule has 0 aliphatic heterocycles. The first kappa shape index (κ1) is 13.4. The van der Waals surface area contributed by atoms with E-state index in [1.165, 1.54) is 0 Å². The van der Waals surface area contributed by atoms with Crippen LogP contribution in [0.15, 0.2) is 29.4 Å². The summed E-state index contributed by atoms with van der Waals surface area (Å²) in [5, 5.41) is 13.9. The number of rotatable bonds is 6. The molecule has 1 heterocycles. The summed E-state index contributed by atoms with van der Waals surface area (Å²) >= 11 is 1.55. The molecule has 1 aromatic heterocycles. The van der Waals surface area contributed by atoms with Gasteiger partial charge in [-0.3, -0.25) is 0 Å². The number of aromatic amines is 1. The van der Waals surface area contributed by atoms with Crippen molar-refractivity contribution in [2.75, 3.05) is 12.3 Å². The fourth-order valence-electron chi connectivity index (χ4n) is 1.60. The smallest absolute Gasteiger partial charge is 0.166 e. The molecule has 1 atom stereocenters. The highest BCUT2D eigenvalue weighted by Gasteiger charge is 2.08. The number of thioether (sulfide) groups is 1. The minimum atomic E-state index is -0.356. The van der Waals surface area contributed by atoms with Gasteiger partial charge < -0.3 is 15.4 Å². The van der Waals surface area contributed by atoms with E-state index >= 15 is 0 Å². The Bertz CT molecular complexity index is 465. The molecule has 0 amide bonds. The number of fused-ring (bicyclic) bond motifs is 1. The maximum atomic E-state index is 9.81. The molecule has 0 aliphatic carbocycles. The Balaban J connectivity index is 1.86. The summed E-state index contributed by atoms with van der Waals surface area (Å²) in [6.45, 7) is 4.75. The summed E-state index contributed by atoms with van der Waals surface area (Å²) in [5.41, 5.74) is 2.00. The molecule has 98 valence electrons. The average molecular weight is 265 g/mol. The molecule has 2 rings (SSSR count). The Morgan fingerprint density at radius 2 is 2.17 bits per heavy atom. The fraction of sp³-hybridized carbons (Fsp3) is 0.462. The lowest BCUT2D eigenvalue weighted by Crippen LogP contribution is -2.33. The van der Waals surface area contributed by atoms with Gasteiger partial charge in [0, 0.05) is 18.3 Å². The van der Waals surface area contributed by atoms with Crippen LogP contribution in [0.4, 0.5) is 0 Å². The van der Waals surface area contributed by atoms with Gasteiger partial charge in [-0.15, -0.1) is 0 Å². The lowest BCUT2D eigenvalue weighted by atomic mass is 10.3. The number of aliphatic hydroxyl groups excluding tert-OH is 1. The van der Waals surface area contributed by atoms with Crippen molar-refractivity contribution in [2.45, 2.75) is 31.1 Å². The van der Waals surface area contributed by atoms with Crippen LogP contribution < -0.4 is 5.32 Å². The number of aliphatic hydroxyl groups is 1. The molecule has 1 unspecified atom stereocenters. The van der Waals surface area contributed by atoms with Crippen LogP contribution in [-0.2, 0) is 0 Å². The molecule has 5 heteroatoms. The summed E-state index contributed by atoms with van der Waals surface area (Å²) in [5.74, 6) is 0.638. The maximum absolute atomic E-state index is 9.81. The monoisotopic (exact) mass is 265 g/mol. The molecule has 0 saturated carbocycles. The standard InChI is InChI=1S/C13H19N3OS/c1-9(2)14-7-10(17)8-18-13-15-11-5-3-4-6-12(11)16-13/h3-6,9-10,14,17H,7-8H2,1-2H3,(H,15,16). The number of nitrogens with one attached hydrogen (secondary N) is 2. The highest BCUT2D eigenvalue weighted by Crippen LogP contribution is 2.19. The number of hydrogen-bond acceptors (Lipinski definition) is 4. The van der Waals surface area contributed by atoms with Gasteiger partial charge in [0.1, 0.15) is 0 Å². The second-order valence-electron chi connectivity index (χ2n) is 4.59. The van der Waals surface area contributed by atoms with Gasteiger partial charge in [0.15, 0.2) is 5.16 Å². The van der Waals surface area contributed by atoms with Gasteiger partial charge in [-0.1, -0.05) is 37.7 Å². The maximum Gasteiger partial charge on any atom is 0.166 e. The number of imidazole rings is 1. The number of para-hydroxylation sites is 2. The second kappa shape index (κ2) is 6.22. The fourth-order valence-corrected chi connectivity index (χ4v) is 2.42. The van der Waals surface area contributed by atoms with Crippen molar-refractivity contribution in [2.24, 2.45) is 0 Å². The van der Waals surface area contributed by atoms with Crippen LogP contribution in [-0.4, -0.2) is 39.5 Å². The van der Waals surface area contributed by atoms with E-state index in [1.54, 1.807) is 11.8 Å². The topological polar surface area (TPSA) is 60.9 Å². The second-order valence-corrected chi connectivity index (χ2v) is 5.60. The Labute approximate surface area is 111 Å². The Hall–Kier alpha value is -1.04. The van der Waals surface area contributed by atoms with Crippen molar-refractivity contribution in [3.05, 3.63) is 24.3 Å². The molecule has 0 fully saturated rings. The van der Waals surface area contributed by atoms with Crippen LogP contribution >= 0.6 is 11.8 Å². The zero-order valence-corrected chi connectivity index (χ0v) is 11.5. The summed E-state index contributed by atoms with van der Waals surface area (Å²) in [6, 6.07) is 8.33. The van der Waals surface area contributed by atoms with E-state index < -0.39 is 0 Å². The number of aromatic nitrogens is 2. The molecule has 0 saturated heterocycles. The van der Waals surface area contributed by atoms with Gasteiger partial charge >= 0.3 is 0 Å². The molecule has 3 N–H and O–H groups in total. The Kier molecular flexibility index (Phi) is 4.63. The van der Waals surface area contributed by atoms with E-state index in [2.05, 4.69) is 29.1 Å². The minimum Gasteiger partial charge on any atom is -0.391 e. The van der Waals surface area contributed by atoms with E-state index in [4.69, 9.17) is 0 Å². The van der Waals surface area contributed by atoms with Gasteiger partial charge in [-0.25, -0.2) is 4.98 Å². The third-order valence-electron chi connectivity index (χ3n) is 2.54. The molecular formula is C13H19N3OS. The molecule has 2 aromatic rings. The average Bonchev–Trinajstić information content (AvgIpc) is 2.76. The van der Waals surface area contributed by atoms with Crippen LogP contribution in [0.1, 0.15) is 13.8 Å². The van der Waals surface area contributed by atoms with Crippen LogP contribution in [0, 0.1) is 0 Å². The number of H-pyrrole nitrogens is 1. The molecule has 0 bridgehead atoms. The van der Waals surface area contributed by atoms with E-state index in [1.807, 2.05) is 24.3 Å². The van der Waals surface area contributed by atoms with Gasteiger partial charge in [0.2, 0.25) is 0 Å². The van der Waals surface area contributed by atoms with Gasteiger partial charge in [0.05, 0.1) is 17.1 Å². The molecule has 0 spiro atoms. The van der Waals surface area contributed by atoms with E-state index in [9.17, 15) is 5.11 Å². The predicted octanol–water partition coefficient (Wildman–Crippen LogP) is 2.01. The summed E-state index contributed by atoms with van der Waals surface area (Å²) < 4.78 is 0. The lowest BCUT2D eigenvalue weighted by Gasteiger charge is -2.12. The Morgan fingerprint density at radius 3 is 2.89 bits per heavy atom. The number of nitrogens with zero attached hydrogens (tertiary/aromatic N) is 1. The normalized spacial score (nSPS) is 13.3. The third-order valence-corrected chi connectivity index (χ3v) is 3.56. The van der Waals surface area contributed by atoms with Crippen LogP contribution in [0.3, 0.4) is 0 Å². The molecule has 4 nitrogen and oxygen atoms in total. The largest absolute Gasteiger partial charge is 0.391 e. The predicted molar refractivity (Wildman–Crippen MR) is 76.0 cm³/mol. The molecular weight excluding hydrogens is 246 g/mol. The van der Waals surface area contributed by atoms with E-state index in [0.29, 0.717) is 18.3 Å². The van der Waals surface area contributed by atoms with Crippen molar-refractivity contribution in [3.63, 3.8) is 0 Å². The zero-order chi connectivity index (χ0) is 13.0. The molecule has 1 aromatic carbocycles. The first-order chi connectivity index (χ1) is 8.65. The van der Waals surface area contributed by atoms with Crippen LogP contribution in [0.2, 0.25) is 0 Å². The first-order valence-electron chi connectivity index (χ1n) is 6.14. The first-order valence-corrected chi connectivity index (χ1v) is 7.12. The molecule has 0 radical (unpaired) electrons. The van der Waals surface area contributed by atoms with Crippen molar-refractivity contribution < 1.29 is 5.11 Å². The van der Waals surface area contributed by atoms with E-state index in [0.717, 1.165) is 16.2 Å². The summed E-state index contributed by atoms with van der Waals surface area (Å²) in [4.78, 5) is 7.69. The van der Waals surface area contributed by atoms with E-state index in [-0.39, 0.29) is 6.10 Å². The van der Waals surface area contributed by atoms with Crippen molar-refractivity contribution in [1.29, 1.82) is 0 Å². The summed E-state index contributed by atoms with van der Waals surface area (Å²) in [7, 11) is 0. The van der Waals surface area contributed by atoms with Gasteiger partial charge in [-0.2, -0.15) is 0 Å². The molecule has 18 heavy (non-hydrogen) atoms. The number of hydrogen-bond donors (Lipinski definition) is 3. The van der Waals surface area contributed by atoms with Gasteiger partial charge in [-0.05, 0) is 12.1 Å². The summed E-state index contributed by atoms with van der Waals surface area (Å²) in [6.07, 6.45) is -0.356. The van der Waals surface area contributed by atoms with Crippen molar-refractivity contribution in [3.8, 4) is 0 Å². The van der Waals surface area contributed by atoms with Gasteiger partial charge in [0.25, 0.3) is 0 Å². The zero-order valence-electron chi connectivity index (χ0n) is 10.7. The highest BCUT2D eigenvalue weighted by molar-refractivity contribution is 7.99. The van der Waals surface area contributed by atoms with Crippen LogP contribution in [0.5, 0.6) is 0 Å². The van der Waals surface area contributed by atoms with Crippen LogP contribution in [0.25, 0.3) is 11.0 Å².